The summed E-state index contributed by atoms with van der Waals surface area (Å²) in [7, 11) is 2.09. The van der Waals surface area contributed by atoms with Gasteiger partial charge in [-0.15, -0.1) is 0 Å². The minimum Gasteiger partial charge on any atom is -0.485 e. The molecule has 1 aliphatic rings. The van der Waals surface area contributed by atoms with Crippen molar-refractivity contribution in [3.63, 3.8) is 0 Å². The second kappa shape index (κ2) is 8.53. The number of benzene rings is 2. The van der Waals surface area contributed by atoms with E-state index in [9.17, 15) is 4.79 Å². The minimum atomic E-state index is -0.586. The van der Waals surface area contributed by atoms with E-state index >= 15 is 0 Å². The number of para-hydroxylation sites is 2. The van der Waals surface area contributed by atoms with Gasteiger partial charge in [0.25, 0.3) is 5.91 Å². The summed E-state index contributed by atoms with van der Waals surface area (Å²) in [5.74, 6) is 1.19. The van der Waals surface area contributed by atoms with Crippen LogP contribution in [0, 0.1) is 0 Å². The predicted molar refractivity (Wildman–Crippen MR) is 96.8 cm³/mol. The smallest absolute Gasteiger partial charge is 0.264 e. The third-order valence-electron chi connectivity index (χ3n) is 4.11. The summed E-state index contributed by atoms with van der Waals surface area (Å²) in [6, 6.07) is 17.8. The molecule has 0 saturated heterocycles. The zero-order chi connectivity index (χ0) is 17.5. The summed E-state index contributed by atoms with van der Waals surface area (Å²) >= 11 is 0. The van der Waals surface area contributed by atoms with Crippen LogP contribution >= 0.6 is 0 Å². The lowest BCUT2D eigenvalue weighted by atomic mass is 10.2. The van der Waals surface area contributed by atoms with E-state index in [1.165, 1.54) is 5.56 Å². The summed E-state index contributed by atoms with van der Waals surface area (Å²) < 4.78 is 11.3. The third kappa shape index (κ3) is 4.97. The van der Waals surface area contributed by atoms with Gasteiger partial charge in [0.15, 0.2) is 11.5 Å². The second-order valence-corrected chi connectivity index (χ2v) is 6.23. The molecule has 132 valence electrons. The third-order valence-corrected chi connectivity index (χ3v) is 4.11. The second-order valence-electron chi connectivity index (χ2n) is 6.23. The molecule has 1 aliphatic heterocycles. The van der Waals surface area contributed by atoms with Crippen LogP contribution in [0.25, 0.3) is 0 Å². The number of nitrogens with one attached hydrogen (secondary N) is 1. The first kappa shape index (κ1) is 17.3. The van der Waals surface area contributed by atoms with Gasteiger partial charge >= 0.3 is 0 Å². The lowest BCUT2D eigenvalue weighted by Gasteiger charge is -2.25. The van der Waals surface area contributed by atoms with E-state index in [0.29, 0.717) is 18.0 Å². The van der Waals surface area contributed by atoms with Crippen LogP contribution in [0.4, 0.5) is 0 Å². The fraction of sp³-hybridized carbons (Fsp3) is 0.350. The number of amides is 1. The van der Waals surface area contributed by atoms with E-state index in [1.54, 1.807) is 0 Å². The maximum Gasteiger partial charge on any atom is 0.264 e. The normalized spacial score (nSPS) is 15.8. The van der Waals surface area contributed by atoms with E-state index in [4.69, 9.17) is 9.47 Å². The standard InChI is InChI=1S/C20H24N2O3/c1-22(14-16-8-3-2-4-9-16)13-7-12-21-20(23)19-15-24-17-10-5-6-11-18(17)25-19/h2-6,8-11,19H,7,12-15H2,1H3,(H,21,23). The van der Waals surface area contributed by atoms with Crippen LogP contribution in [0.15, 0.2) is 54.6 Å². The van der Waals surface area contributed by atoms with Gasteiger partial charge in [0, 0.05) is 13.1 Å². The number of carbonyl (C=O) groups excluding carboxylic acids is 1. The van der Waals surface area contributed by atoms with Gasteiger partial charge in [-0.05, 0) is 37.7 Å². The molecule has 5 heteroatoms. The van der Waals surface area contributed by atoms with Gasteiger partial charge in [-0.25, -0.2) is 0 Å². The molecule has 0 bridgehead atoms. The van der Waals surface area contributed by atoms with Crippen LogP contribution in [0.5, 0.6) is 11.5 Å². The summed E-state index contributed by atoms with van der Waals surface area (Å²) in [5.41, 5.74) is 1.29. The van der Waals surface area contributed by atoms with Gasteiger partial charge in [0.05, 0.1) is 0 Å². The van der Waals surface area contributed by atoms with Crippen molar-refractivity contribution in [2.45, 2.75) is 19.1 Å². The molecule has 0 spiro atoms. The maximum absolute atomic E-state index is 12.2. The number of ether oxygens (including phenoxy) is 2. The fourth-order valence-corrected chi connectivity index (χ4v) is 2.80. The van der Waals surface area contributed by atoms with Crippen molar-refractivity contribution < 1.29 is 14.3 Å². The zero-order valence-electron chi connectivity index (χ0n) is 14.5. The van der Waals surface area contributed by atoms with Gasteiger partial charge in [-0.1, -0.05) is 42.5 Å². The van der Waals surface area contributed by atoms with E-state index in [1.807, 2.05) is 42.5 Å². The molecule has 0 aromatic heterocycles. The number of nitrogens with zero attached hydrogens (tertiary/aromatic N) is 1. The topological polar surface area (TPSA) is 50.8 Å². The SMILES string of the molecule is CN(CCCNC(=O)C1COc2ccccc2O1)Cc1ccccc1. The van der Waals surface area contributed by atoms with Gasteiger partial charge in [-0.2, -0.15) is 0 Å². The molecule has 25 heavy (non-hydrogen) atoms. The Labute approximate surface area is 148 Å². The van der Waals surface area contributed by atoms with Crippen LogP contribution in [0.2, 0.25) is 0 Å². The summed E-state index contributed by atoms with van der Waals surface area (Å²) in [6.07, 6.45) is 0.302. The van der Waals surface area contributed by atoms with Crippen molar-refractivity contribution in [3.8, 4) is 11.5 Å². The highest BCUT2D eigenvalue weighted by atomic mass is 16.6. The van der Waals surface area contributed by atoms with Gasteiger partial charge < -0.3 is 19.7 Å². The molecule has 0 saturated carbocycles. The van der Waals surface area contributed by atoms with Crippen molar-refractivity contribution in [2.24, 2.45) is 0 Å². The van der Waals surface area contributed by atoms with Crippen molar-refractivity contribution in [1.29, 1.82) is 0 Å². The van der Waals surface area contributed by atoms with E-state index in [0.717, 1.165) is 19.5 Å². The number of rotatable bonds is 7. The van der Waals surface area contributed by atoms with Crippen molar-refractivity contribution in [3.05, 3.63) is 60.2 Å². The molecule has 0 aliphatic carbocycles. The Kier molecular flexibility index (Phi) is 5.90. The molecule has 1 N–H and O–H groups in total. The number of hydrogen-bond donors (Lipinski definition) is 1. The molecule has 0 radical (unpaired) electrons. The van der Waals surface area contributed by atoms with Crippen molar-refractivity contribution >= 4 is 5.91 Å². The highest BCUT2D eigenvalue weighted by molar-refractivity contribution is 5.81. The quantitative estimate of drug-likeness (QED) is 0.787. The monoisotopic (exact) mass is 340 g/mol. The molecule has 1 amide bonds. The largest absolute Gasteiger partial charge is 0.485 e. The molecular formula is C20H24N2O3. The molecule has 2 aromatic rings. The fourth-order valence-electron chi connectivity index (χ4n) is 2.80. The first-order valence-electron chi connectivity index (χ1n) is 8.61. The van der Waals surface area contributed by atoms with Crippen LogP contribution in [0.1, 0.15) is 12.0 Å². The lowest BCUT2D eigenvalue weighted by Crippen LogP contribution is -2.44. The van der Waals surface area contributed by atoms with Gasteiger partial charge in [0.2, 0.25) is 6.10 Å². The number of fused-ring (bicyclic) bond motifs is 1. The molecule has 3 rings (SSSR count). The van der Waals surface area contributed by atoms with Crippen LogP contribution < -0.4 is 14.8 Å². The summed E-state index contributed by atoms with van der Waals surface area (Å²) in [4.78, 5) is 14.5. The number of carbonyl (C=O) groups is 1. The van der Waals surface area contributed by atoms with Crippen molar-refractivity contribution in [2.75, 3.05) is 26.7 Å². The van der Waals surface area contributed by atoms with Crippen LogP contribution in [-0.2, 0) is 11.3 Å². The van der Waals surface area contributed by atoms with Gasteiger partial charge in [0.1, 0.15) is 6.61 Å². The number of hydrogen-bond acceptors (Lipinski definition) is 4. The van der Waals surface area contributed by atoms with E-state index in [2.05, 4.69) is 29.4 Å². The predicted octanol–water partition coefficient (Wildman–Crippen LogP) is 2.46. The average molecular weight is 340 g/mol. The molecule has 1 heterocycles. The first-order chi connectivity index (χ1) is 12.2. The summed E-state index contributed by atoms with van der Waals surface area (Å²) in [5, 5.41) is 2.93. The molecule has 0 fully saturated rings. The average Bonchev–Trinajstić information content (AvgIpc) is 2.65. The Bertz CT molecular complexity index is 690. The molecule has 1 atom stereocenters. The Morgan fingerprint density at radius 2 is 1.84 bits per heavy atom. The van der Waals surface area contributed by atoms with E-state index in [-0.39, 0.29) is 12.5 Å². The minimum absolute atomic E-state index is 0.125. The molecule has 2 aromatic carbocycles. The van der Waals surface area contributed by atoms with E-state index < -0.39 is 6.10 Å². The Hall–Kier alpha value is -2.53. The van der Waals surface area contributed by atoms with Crippen LogP contribution in [0.3, 0.4) is 0 Å². The summed E-state index contributed by atoms with van der Waals surface area (Å²) in [6.45, 7) is 2.70. The molecule has 1 unspecified atom stereocenters. The molecular weight excluding hydrogens is 316 g/mol. The maximum atomic E-state index is 12.2. The Balaban J connectivity index is 1.36. The van der Waals surface area contributed by atoms with Crippen LogP contribution in [-0.4, -0.2) is 43.7 Å². The molecule has 5 nitrogen and oxygen atoms in total. The Morgan fingerprint density at radius 3 is 2.64 bits per heavy atom. The zero-order valence-corrected chi connectivity index (χ0v) is 14.5. The lowest BCUT2D eigenvalue weighted by molar-refractivity contribution is -0.130. The first-order valence-corrected chi connectivity index (χ1v) is 8.61. The van der Waals surface area contributed by atoms with Crippen molar-refractivity contribution in [1.82, 2.24) is 10.2 Å². The Morgan fingerprint density at radius 1 is 1.12 bits per heavy atom. The highest BCUT2D eigenvalue weighted by Gasteiger charge is 2.26. The van der Waals surface area contributed by atoms with Gasteiger partial charge in [-0.3, -0.25) is 4.79 Å². The highest BCUT2D eigenvalue weighted by Crippen LogP contribution is 2.30.